The van der Waals surface area contributed by atoms with Crippen LogP contribution in [0, 0.1) is 21.4 Å². The lowest BCUT2D eigenvalue weighted by atomic mass is 10.0. The molecule has 2 heterocycles. The Balaban J connectivity index is 2.16. The molecule has 0 saturated carbocycles. The van der Waals surface area contributed by atoms with Crippen molar-refractivity contribution in [3.05, 3.63) is 27.9 Å². The number of nitriles is 1. The second-order valence-electron chi connectivity index (χ2n) is 4.51. The number of nitrogens with one attached hydrogen (secondary N) is 1. The zero-order chi connectivity index (χ0) is 13.8. The summed E-state index contributed by atoms with van der Waals surface area (Å²) in [7, 11) is 0. The van der Waals surface area contributed by atoms with Gasteiger partial charge in [0.05, 0.1) is 11.0 Å². The summed E-state index contributed by atoms with van der Waals surface area (Å²) in [6.45, 7) is 2.65. The number of nitrogens with zero attached hydrogens (tertiary/aromatic N) is 3. The molecule has 100 valence electrons. The van der Waals surface area contributed by atoms with Crippen LogP contribution < -0.4 is 5.32 Å². The molecule has 1 aliphatic rings. The fraction of sp³-hybridized carbons (Fsp3) is 0.500. The molecular weight excluding hydrogens is 248 g/mol. The maximum atomic E-state index is 10.6. The molecule has 1 N–H and O–H groups in total. The van der Waals surface area contributed by atoms with E-state index in [1.54, 1.807) is 0 Å². The van der Waals surface area contributed by atoms with Crippen LogP contribution in [0.5, 0.6) is 0 Å². The number of anilines is 1. The highest BCUT2D eigenvalue weighted by Crippen LogP contribution is 2.22. The Kier molecular flexibility index (Phi) is 3.92. The van der Waals surface area contributed by atoms with Crippen LogP contribution in [0.2, 0.25) is 0 Å². The van der Waals surface area contributed by atoms with Crippen molar-refractivity contribution in [1.82, 2.24) is 4.98 Å². The summed E-state index contributed by atoms with van der Waals surface area (Å²) in [4.78, 5) is 14.0. The van der Waals surface area contributed by atoms with Gasteiger partial charge in [0.2, 0.25) is 0 Å². The second-order valence-corrected chi connectivity index (χ2v) is 4.51. The summed E-state index contributed by atoms with van der Waals surface area (Å²) in [6, 6.07) is 3.34. The van der Waals surface area contributed by atoms with E-state index in [-0.39, 0.29) is 23.4 Å². The summed E-state index contributed by atoms with van der Waals surface area (Å²) in [6.07, 6.45) is 2.97. The van der Waals surface area contributed by atoms with E-state index >= 15 is 0 Å². The van der Waals surface area contributed by atoms with Crippen LogP contribution in [0.3, 0.4) is 0 Å². The van der Waals surface area contributed by atoms with Gasteiger partial charge in [-0.3, -0.25) is 10.1 Å². The summed E-state index contributed by atoms with van der Waals surface area (Å²) >= 11 is 0. The Morgan fingerprint density at radius 1 is 1.68 bits per heavy atom. The summed E-state index contributed by atoms with van der Waals surface area (Å²) in [5, 5.41) is 22.8. The average molecular weight is 262 g/mol. The first-order valence-electron chi connectivity index (χ1n) is 6.03. The van der Waals surface area contributed by atoms with E-state index in [0.29, 0.717) is 12.4 Å². The standard InChI is InChI=1S/C12H14N4O3/c1-8-4-10(2-3-19-8)15-12-9(6-13)5-11(7-14-12)16(17)18/h5,7-8,10H,2-4H2,1H3,(H,14,15). The highest BCUT2D eigenvalue weighted by Gasteiger charge is 2.21. The molecule has 0 aliphatic carbocycles. The molecule has 0 amide bonds. The minimum atomic E-state index is -0.561. The number of pyridine rings is 1. The van der Waals surface area contributed by atoms with Crippen molar-refractivity contribution >= 4 is 11.5 Å². The van der Waals surface area contributed by atoms with Gasteiger partial charge in [0.1, 0.15) is 23.6 Å². The average Bonchev–Trinajstić information content (AvgIpc) is 2.39. The van der Waals surface area contributed by atoms with Crippen LogP contribution in [0.1, 0.15) is 25.3 Å². The molecule has 1 aromatic rings. The monoisotopic (exact) mass is 262 g/mol. The normalized spacial score (nSPS) is 22.5. The summed E-state index contributed by atoms with van der Waals surface area (Å²) in [5.41, 5.74) is 0.00999. The van der Waals surface area contributed by atoms with Gasteiger partial charge in [0.25, 0.3) is 5.69 Å². The summed E-state index contributed by atoms with van der Waals surface area (Å²) in [5.74, 6) is 0.396. The van der Waals surface area contributed by atoms with Crippen LogP contribution in [0.15, 0.2) is 12.3 Å². The fourth-order valence-electron chi connectivity index (χ4n) is 2.08. The van der Waals surface area contributed by atoms with E-state index in [0.717, 1.165) is 19.0 Å². The lowest BCUT2D eigenvalue weighted by Crippen LogP contribution is -2.33. The first-order chi connectivity index (χ1) is 9.10. The molecule has 2 unspecified atom stereocenters. The zero-order valence-electron chi connectivity index (χ0n) is 10.5. The van der Waals surface area contributed by atoms with Crippen LogP contribution >= 0.6 is 0 Å². The van der Waals surface area contributed by atoms with Crippen molar-refractivity contribution in [2.24, 2.45) is 0 Å². The molecule has 7 heteroatoms. The quantitative estimate of drug-likeness (QED) is 0.658. The van der Waals surface area contributed by atoms with Gasteiger partial charge in [-0.1, -0.05) is 0 Å². The van der Waals surface area contributed by atoms with Crippen LogP contribution in [-0.4, -0.2) is 28.7 Å². The topological polar surface area (TPSA) is 101 Å². The Bertz CT molecular complexity index is 526. The molecular formula is C12H14N4O3. The molecule has 0 spiro atoms. The lowest BCUT2D eigenvalue weighted by Gasteiger charge is -2.28. The fourth-order valence-corrected chi connectivity index (χ4v) is 2.08. The van der Waals surface area contributed by atoms with Gasteiger partial charge in [-0.05, 0) is 19.8 Å². The number of ether oxygens (including phenoxy) is 1. The molecule has 2 rings (SSSR count). The number of hydrogen-bond donors (Lipinski definition) is 1. The van der Waals surface area contributed by atoms with E-state index < -0.39 is 4.92 Å². The molecule has 2 atom stereocenters. The van der Waals surface area contributed by atoms with Crippen molar-refractivity contribution in [3.63, 3.8) is 0 Å². The predicted molar refractivity (Wildman–Crippen MR) is 67.7 cm³/mol. The molecule has 0 bridgehead atoms. The second kappa shape index (κ2) is 5.63. The van der Waals surface area contributed by atoms with Crippen molar-refractivity contribution < 1.29 is 9.66 Å². The first kappa shape index (κ1) is 13.2. The third-order valence-electron chi connectivity index (χ3n) is 3.03. The minimum Gasteiger partial charge on any atom is -0.378 e. The number of aromatic nitrogens is 1. The summed E-state index contributed by atoms with van der Waals surface area (Å²) < 4.78 is 5.44. The third kappa shape index (κ3) is 3.17. The Morgan fingerprint density at radius 3 is 3.11 bits per heavy atom. The SMILES string of the molecule is CC1CC(Nc2ncc([N+](=O)[O-])cc2C#N)CCO1. The van der Waals surface area contributed by atoms with E-state index in [1.165, 1.54) is 6.07 Å². The minimum absolute atomic E-state index is 0.162. The first-order valence-corrected chi connectivity index (χ1v) is 6.03. The molecule has 1 aliphatic heterocycles. The molecule has 1 fully saturated rings. The van der Waals surface area contributed by atoms with Crippen molar-refractivity contribution in [2.45, 2.75) is 31.9 Å². The maximum Gasteiger partial charge on any atom is 0.289 e. The van der Waals surface area contributed by atoms with Gasteiger partial charge in [-0.15, -0.1) is 0 Å². The molecule has 1 aromatic heterocycles. The molecule has 1 saturated heterocycles. The maximum absolute atomic E-state index is 10.6. The van der Waals surface area contributed by atoms with Crippen LogP contribution in [0.25, 0.3) is 0 Å². The van der Waals surface area contributed by atoms with E-state index in [2.05, 4.69) is 10.3 Å². The van der Waals surface area contributed by atoms with E-state index in [4.69, 9.17) is 10.00 Å². The molecule has 0 aromatic carbocycles. The van der Waals surface area contributed by atoms with Gasteiger partial charge >= 0.3 is 0 Å². The van der Waals surface area contributed by atoms with Crippen LogP contribution in [0.4, 0.5) is 11.5 Å². The Morgan fingerprint density at radius 2 is 2.47 bits per heavy atom. The van der Waals surface area contributed by atoms with E-state index in [1.807, 2.05) is 13.0 Å². The van der Waals surface area contributed by atoms with Crippen LogP contribution in [-0.2, 0) is 4.74 Å². The Labute approximate surface area is 110 Å². The van der Waals surface area contributed by atoms with E-state index in [9.17, 15) is 10.1 Å². The van der Waals surface area contributed by atoms with Gasteiger partial charge in [-0.2, -0.15) is 5.26 Å². The highest BCUT2D eigenvalue weighted by atomic mass is 16.6. The number of nitro groups is 1. The Hall–Kier alpha value is -2.20. The van der Waals surface area contributed by atoms with Gasteiger partial charge < -0.3 is 10.1 Å². The van der Waals surface area contributed by atoms with Crippen molar-refractivity contribution in [3.8, 4) is 6.07 Å². The zero-order valence-corrected chi connectivity index (χ0v) is 10.5. The molecule has 19 heavy (non-hydrogen) atoms. The predicted octanol–water partition coefficient (Wildman–Crippen LogP) is 1.84. The molecule has 7 nitrogen and oxygen atoms in total. The number of hydrogen-bond acceptors (Lipinski definition) is 6. The van der Waals surface area contributed by atoms with Crippen molar-refractivity contribution in [2.75, 3.05) is 11.9 Å². The van der Waals surface area contributed by atoms with Gasteiger partial charge in [0, 0.05) is 18.7 Å². The smallest absolute Gasteiger partial charge is 0.289 e. The van der Waals surface area contributed by atoms with Gasteiger partial charge in [0.15, 0.2) is 0 Å². The van der Waals surface area contributed by atoms with Crippen molar-refractivity contribution in [1.29, 1.82) is 5.26 Å². The number of rotatable bonds is 3. The largest absolute Gasteiger partial charge is 0.378 e. The highest BCUT2D eigenvalue weighted by molar-refractivity contribution is 5.56. The molecule has 0 radical (unpaired) electrons. The lowest BCUT2D eigenvalue weighted by molar-refractivity contribution is -0.385. The third-order valence-corrected chi connectivity index (χ3v) is 3.03. The van der Waals surface area contributed by atoms with Gasteiger partial charge in [-0.25, -0.2) is 4.98 Å².